The minimum Gasteiger partial charge on any atom is -0.458 e. The number of carbonyl (C=O) groups is 4. The average Bonchev–Trinajstić information content (AvgIpc) is 2.91. The van der Waals surface area contributed by atoms with Crippen molar-refractivity contribution in [2.45, 2.75) is 64.3 Å². The van der Waals surface area contributed by atoms with E-state index in [9.17, 15) is 29.4 Å². The molecule has 0 aromatic heterocycles. The highest BCUT2D eigenvalue weighted by atomic mass is 19.1. The van der Waals surface area contributed by atoms with Gasteiger partial charge in [0.2, 0.25) is 5.78 Å². The number of allylic oxidation sites excluding steroid dienone is 4. The summed E-state index contributed by atoms with van der Waals surface area (Å²) in [5.41, 5.74) is -6.87. The second-order valence-corrected chi connectivity index (χ2v) is 10.3. The zero-order valence-electron chi connectivity index (χ0n) is 18.7. The molecule has 8 heteroatoms. The van der Waals surface area contributed by atoms with E-state index in [0.717, 1.165) is 13.0 Å². The van der Waals surface area contributed by atoms with Gasteiger partial charge in [-0.05, 0) is 43.8 Å². The topological polar surface area (TPSA) is 118 Å². The van der Waals surface area contributed by atoms with Crippen molar-refractivity contribution >= 4 is 23.3 Å². The molecule has 2 N–H and O–H groups in total. The lowest BCUT2D eigenvalue weighted by molar-refractivity contribution is -0.218. The maximum atomic E-state index is 17.0. The molecule has 4 aliphatic rings. The highest BCUT2D eigenvalue weighted by Crippen LogP contribution is 2.70. The maximum Gasteiger partial charge on any atom is 0.303 e. The number of halogens is 1. The summed E-state index contributed by atoms with van der Waals surface area (Å²) in [6.07, 6.45) is 1.98. The molecule has 0 heterocycles. The Kier molecular flexibility index (Phi) is 4.96. The molecular weight excluding hydrogens is 419 g/mol. The van der Waals surface area contributed by atoms with Crippen LogP contribution < -0.4 is 0 Å². The number of Topliss-reactive ketones (excluding diaryl/α,β-unsaturated/α-hetero) is 2. The zero-order chi connectivity index (χ0) is 23.9. The van der Waals surface area contributed by atoms with Gasteiger partial charge in [0.05, 0.1) is 11.5 Å². The zero-order valence-corrected chi connectivity index (χ0v) is 18.7. The molecule has 0 radical (unpaired) electrons. The third-order valence-electron chi connectivity index (χ3n) is 8.90. The van der Waals surface area contributed by atoms with Gasteiger partial charge in [-0.25, -0.2) is 4.39 Å². The van der Waals surface area contributed by atoms with Crippen molar-refractivity contribution in [1.29, 1.82) is 0 Å². The van der Waals surface area contributed by atoms with E-state index in [0.29, 0.717) is 0 Å². The third kappa shape index (κ3) is 2.59. The Morgan fingerprint density at radius 2 is 1.91 bits per heavy atom. The van der Waals surface area contributed by atoms with E-state index < -0.39 is 70.1 Å². The average molecular weight is 448 g/mol. The fourth-order valence-corrected chi connectivity index (χ4v) is 7.25. The van der Waals surface area contributed by atoms with Gasteiger partial charge < -0.3 is 14.9 Å². The Morgan fingerprint density at radius 3 is 2.53 bits per heavy atom. The summed E-state index contributed by atoms with van der Waals surface area (Å²) in [5, 5.41) is 22.9. The van der Waals surface area contributed by atoms with Crippen LogP contribution in [0.15, 0.2) is 23.8 Å². The predicted molar refractivity (Wildman–Crippen MR) is 110 cm³/mol. The molecule has 4 rings (SSSR count). The van der Waals surface area contributed by atoms with Crippen molar-refractivity contribution in [3.63, 3.8) is 0 Å². The van der Waals surface area contributed by atoms with E-state index in [1.165, 1.54) is 19.1 Å². The van der Waals surface area contributed by atoms with Crippen LogP contribution in [0, 0.1) is 28.6 Å². The Hall–Kier alpha value is -2.19. The van der Waals surface area contributed by atoms with Crippen LogP contribution in [-0.4, -0.2) is 57.5 Å². The minimum atomic E-state index is -2.25. The summed E-state index contributed by atoms with van der Waals surface area (Å²) in [4.78, 5) is 49.2. The van der Waals surface area contributed by atoms with Gasteiger partial charge in [0.25, 0.3) is 0 Å². The molecule has 32 heavy (non-hydrogen) atoms. The van der Waals surface area contributed by atoms with Crippen molar-refractivity contribution in [3.8, 4) is 0 Å². The van der Waals surface area contributed by atoms with Crippen LogP contribution in [0.2, 0.25) is 0 Å². The summed E-state index contributed by atoms with van der Waals surface area (Å²) >= 11 is 0. The number of fused-ring (bicyclic) bond motifs is 5. The van der Waals surface area contributed by atoms with E-state index in [-0.39, 0.29) is 30.6 Å². The Labute approximate surface area is 185 Å². The van der Waals surface area contributed by atoms with Crippen LogP contribution in [0.5, 0.6) is 0 Å². The molecule has 174 valence electrons. The molecule has 3 saturated carbocycles. The van der Waals surface area contributed by atoms with Crippen molar-refractivity contribution in [1.82, 2.24) is 0 Å². The van der Waals surface area contributed by atoms with Gasteiger partial charge in [0.1, 0.15) is 5.60 Å². The molecular formula is C24H29FO7. The quantitative estimate of drug-likeness (QED) is 0.630. The number of ketones is 3. The largest absolute Gasteiger partial charge is 0.458 e. The lowest BCUT2D eigenvalue weighted by Gasteiger charge is -2.62. The number of aliphatic hydroxyl groups excluding tert-OH is 1. The highest BCUT2D eigenvalue weighted by Gasteiger charge is 2.76. The Balaban J connectivity index is 1.80. The fraction of sp³-hybridized carbons (Fsp3) is 0.667. The van der Waals surface area contributed by atoms with E-state index in [2.05, 4.69) is 0 Å². The first-order valence-electron chi connectivity index (χ1n) is 11.0. The Morgan fingerprint density at radius 1 is 1.25 bits per heavy atom. The van der Waals surface area contributed by atoms with Crippen LogP contribution in [0.1, 0.15) is 47.0 Å². The van der Waals surface area contributed by atoms with Gasteiger partial charge in [-0.15, -0.1) is 0 Å². The summed E-state index contributed by atoms with van der Waals surface area (Å²) < 4.78 is 21.9. The second-order valence-electron chi connectivity index (χ2n) is 10.3. The molecule has 0 bridgehead atoms. The molecule has 8 atom stereocenters. The minimum absolute atomic E-state index is 0.0543. The van der Waals surface area contributed by atoms with E-state index in [1.807, 2.05) is 0 Å². The fourth-order valence-electron chi connectivity index (χ4n) is 7.25. The lowest BCUT2D eigenvalue weighted by atomic mass is 9.44. The van der Waals surface area contributed by atoms with Crippen molar-refractivity contribution in [2.24, 2.45) is 28.6 Å². The number of alkyl halides is 1. The smallest absolute Gasteiger partial charge is 0.303 e. The number of esters is 1. The summed E-state index contributed by atoms with van der Waals surface area (Å²) in [6, 6.07) is 0. The first-order chi connectivity index (χ1) is 14.7. The Bertz CT molecular complexity index is 985. The normalized spacial score (nSPS) is 47.3. The highest BCUT2D eigenvalue weighted by molar-refractivity contribution is 6.10. The van der Waals surface area contributed by atoms with E-state index in [1.54, 1.807) is 13.8 Å². The van der Waals surface area contributed by atoms with Gasteiger partial charge in [0, 0.05) is 30.3 Å². The first kappa shape index (κ1) is 23.0. The van der Waals surface area contributed by atoms with Crippen LogP contribution in [0.3, 0.4) is 0 Å². The number of hydrogen-bond acceptors (Lipinski definition) is 7. The molecule has 3 fully saturated rings. The molecule has 4 aliphatic carbocycles. The molecule has 0 aromatic rings. The summed E-state index contributed by atoms with van der Waals surface area (Å²) in [6.45, 7) is 5.39. The first-order valence-corrected chi connectivity index (χ1v) is 11.0. The van der Waals surface area contributed by atoms with Crippen LogP contribution >= 0.6 is 0 Å². The third-order valence-corrected chi connectivity index (χ3v) is 8.90. The molecule has 0 aromatic carbocycles. The van der Waals surface area contributed by atoms with E-state index in [4.69, 9.17) is 4.74 Å². The lowest BCUT2D eigenvalue weighted by Crippen LogP contribution is -2.70. The van der Waals surface area contributed by atoms with Gasteiger partial charge in [0.15, 0.2) is 23.8 Å². The van der Waals surface area contributed by atoms with Gasteiger partial charge in [-0.1, -0.05) is 19.9 Å². The second kappa shape index (κ2) is 6.90. The predicted octanol–water partition coefficient (Wildman–Crippen LogP) is 1.65. The maximum absolute atomic E-state index is 17.0. The summed E-state index contributed by atoms with van der Waals surface area (Å²) in [7, 11) is 0. The van der Waals surface area contributed by atoms with Crippen molar-refractivity contribution < 1.29 is 38.5 Å². The number of rotatable bonds is 3. The molecule has 0 aliphatic heterocycles. The SMILES string of the molecule is CC(=O)OCC(=O)[C@@]1(O)C(C)C[C@H]2[C@@H]3CC(=O)C4=CC(=O)C=C[C@]4(C)[C@@]3(F)[C@@H](O)C[C@@]21C. The van der Waals surface area contributed by atoms with Crippen LogP contribution in [-0.2, 0) is 23.9 Å². The van der Waals surface area contributed by atoms with Crippen molar-refractivity contribution in [3.05, 3.63) is 23.8 Å². The van der Waals surface area contributed by atoms with Gasteiger partial charge in [-0.2, -0.15) is 0 Å². The molecule has 0 amide bonds. The molecule has 0 saturated heterocycles. The molecule has 0 spiro atoms. The van der Waals surface area contributed by atoms with E-state index >= 15 is 4.39 Å². The molecule has 1 unspecified atom stereocenters. The number of carbonyl (C=O) groups excluding carboxylic acids is 4. The van der Waals surface area contributed by atoms with Crippen LogP contribution in [0.25, 0.3) is 0 Å². The van der Waals surface area contributed by atoms with Crippen LogP contribution in [0.4, 0.5) is 4.39 Å². The van der Waals surface area contributed by atoms with Gasteiger partial charge in [-0.3, -0.25) is 19.2 Å². The summed E-state index contributed by atoms with van der Waals surface area (Å²) in [5.74, 6) is -4.26. The number of hydrogen-bond donors (Lipinski definition) is 2. The monoisotopic (exact) mass is 448 g/mol. The standard InChI is InChI=1S/C24H29FO7/c1-12-7-15-16-9-18(28)17-8-14(27)5-6-21(17,3)23(16,25)19(29)10-22(15,4)24(12,31)20(30)11-32-13(2)26/h5-6,8,12,15-16,19,29,31H,7,9-11H2,1-4H3/t12?,15-,16-,19-,21-,22-,23-,24-/m0/s1. The van der Waals surface area contributed by atoms with Crippen molar-refractivity contribution in [2.75, 3.05) is 6.61 Å². The molecule has 7 nitrogen and oxygen atoms in total. The number of aliphatic hydroxyl groups is 2. The van der Waals surface area contributed by atoms with Gasteiger partial charge >= 0.3 is 5.97 Å². The number of ether oxygens (including phenoxy) is 1.